The van der Waals surface area contributed by atoms with Gasteiger partial charge < -0.3 is 5.11 Å². The Labute approximate surface area is 101 Å². The van der Waals surface area contributed by atoms with Crippen molar-refractivity contribution in [2.24, 2.45) is 5.41 Å². The second-order valence-corrected chi connectivity index (χ2v) is 5.69. The Kier molecular flexibility index (Phi) is 4.63. The molecule has 17 heavy (non-hydrogen) atoms. The number of aliphatic hydroxyl groups excluding tert-OH is 1. The predicted octanol–water partition coefficient (Wildman–Crippen LogP) is 3.69. The second kappa shape index (κ2) is 5.58. The smallest absolute Gasteiger partial charge is 0.129 e. The molecule has 1 rings (SSSR count). The first-order valence-corrected chi connectivity index (χ1v) is 5.90. The highest BCUT2D eigenvalue weighted by Gasteiger charge is 2.15. The lowest BCUT2D eigenvalue weighted by molar-refractivity contribution is 0.145. The predicted molar refractivity (Wildman–Crippen MR) is 64.8 cm³/mol. The highest BCUT2D eigenvalue weighted by molar-refractivity contribution is 5.19. The van der Waals surface area contributed by atoms with Crippen LogP contribution in [-0.4, -0.2) is 11.2 Å². The molecule has 0 heterocycles. The largest absolute Gasteiger partial charge is 0.393 e. The maximum absolute atomic E-state index is 13.3. The SMILES string of the molecule is CC(C)(C)CCC(O)Cc1ccc(F)cc1F. The summed E-state index contributed by atoms with van der Waals surface area (Å²) in [6, 6.07) is 3.46. The van der Waals surface area contributed by atoms with Crippen molar-refractivity contribution in [3.63, 3.8) is 0 Å². The molecule has 1 aromatic carbocycles. The lowest BCUT2D eigenvalue weighted by atomic mass is 9.88. The van der Waals surface area contributed by atoms with E-state index in [0.717, 1.165) is 12.5 Å². The molecule has 0 amide bonds. The van der Waals surface area contributed by atoms with Gasteiger partial charge in [-0.1, -0.05) is 26.8 Å². The van der Waals surface area contributed by atoms with Crippen LogP contribution in [0.1, 0.15) is 39.2 Å². The van der Waals surface area contributed by atoms with E-state index in [9.17, 15) is 13.9 Å². The number of hydrogen-bond donors (Lipinski definition) is 1. The standard InChI is InChI=1S/C14H20F2O/c1-14(2,3)7-6-12(17)8-10-4-5-11(15)9-13(10)16/h4-5,9,12,17H,6-8H2,1-3H3. The van der Waals surface area contributed by atoms with E-state index in [0.29, 0.717) is 12.0 Å². The first kappa shape index (κ1) is 14.1. The first-order valence-electron chi connectivity index (χ1n) is 5.90. The molecule has 1 unspecified atom stereocenters. The van der Waals surface area contributed by atoms with Gasteiger partial charge in [0.2, 0.25) is 0 Å². The molecule has 0 aliphatic rings. The Morgan fingerprint density at radius 3 is 2.41 bits per heavy atom. The zero-order chi connectivity index (χ0) is 13.1. The van der Waals surface area contributed by atoms with Crippen molar-refractivity contribution in [3.8, 4) is 0 Å². The van der Waals surface area contributed by atoms with E-state index in [1.165, 1.54) is 12.1 Å². The van der Waals surface area contributed by atoms with Gasteiger partial charge in [0.25, 0.3) is 0 Å². The van der Waals surface area contributed by atoms with E-state index in [-0.39, 0.29) is 11.8 Å². The van der Waals surface area contributed by atoms with Gasteiger partial charge in [-0.15, -0.1) is 0 Å². The summed E-state index contributed by atoms with van der Waals surface area (Å²) in [5.74, 6) is -1.17. The number of halogens is 2. The molecule has 0 saturated carbocycles. The van der Waals surface area contributed by atoms with Crippen LogP contribution in [0.4, 0.5) is 8.78 Å². The van der Waals surface area contributed by atoms with Crippen LogP contribution in [0.25, 0.3) is 0 Å². The van der Waals surface area contributed by atoms with Crippen LogP contribution in [0, 0.1) is 17.0 Å². The molecule has 0 saturated heterocycles. The molecule has 96 valence electrons. The van der Waals surface area contributed by atoms with Gasteiger partial charge in [0.15, 0.2) is 0 Å². The molecule has 0 fully saturated rings. The van der Waals surface area contributed by atoms with E-state index in [2.05, 4.69) is 20.8 Å². The fraction of sp³-hybridized carbons (Fsp3) is 0.571. The monoisotopic (exact) mass is 242 g/mol. The topological polar surface area (TPSA) is 20.2 Å². The molecule has 0 bridgehead atoms. The molecule has 0 spiro atoms. The van der Waals surface area contributed by atoms with Gasteiger partial charge in [-0.05, 0) is 29.9 Å². The Morgan fingerprint density at radius 1 is 1.24 bits per heavy atom. The van der Waals surface area contributed by atoms with Crippen LogP contribution in [0.2, 0.25) is 0 Å². The summed E-state index contributed by atoms with van der Waals surface area (Å²) in [5, 5.41) is 9.80. The summed E-state index contributed by atoms with van der Waals surface area (Å²) < 4.78 is 26.0. The second-order valence-electron chi connectivity index (χ2n) is 5.69. The van der Waals surface area contributed by atoms with Crippen LogP contribution in [0.5, 0.6) is 0 Å². The number of rotatable bonds is 4. The van der Waals surface area contributed by atoms with Gasteiger partial charge >= 0.3 is 0 Å². The van der Waals surface area contributed by atoms with Crippen LogP contribution in [0.15, 0.2) is 18.2 Å². The third-order valence-corrected chi connectivity index (χ3v) is 2.70. The molecule has 1 aromatic rings. The quantitative estimate of drug-likeness (QED) is 0.853. The Bertz CT molecular complexity index is 369. The van der Waals surface area contributed by atoms with Gasteiger partial charge in [0.1, 0.15) is 11.6 Å². The molecular formula is C14H20F2O. The first-order chi connectivity index (χ1) is 7.78. The molecule has 0 aliphatic heterocycles. The van der Waals surface area contributed by atoms with Crippen molar-refractivity contribution < 1.29 is 13.9 Å². The van der Waals surface area contributed by atoms with E-state index in [1.54, 1.807) is 0 Å². The minimum atomic E-state index is -0.588. The highest BCUT2D eigenvalue weighted by atomic mass is 19.1. The minimum absolute atomic E-state index is 0.155. The fourth-order valence-corrected chi connectivity index (χ4v) is 1.64. The average molecular weight is 242 g/mol. The Balaban J connectivity index is 2.53. The maximum atomic E-state index is 13.3. The van der Waals surface area contributed by atoms with Gasteiger partial charge in [0, 0.05) is 12.5 Å². The van der Waals surface area contributed by atoms with E-state index in [1.807, 2.05) is 0 Å². The molecular weight excluding hydrogens is 222 g/mol. The highest BCUT2D eigenvalue weighted by Crippen LogP contribution is 2.23. The molecule has 3 heteroatoms. The summed E-state index contributed by atoms with van der Waals surface area (Å²) >= 11 is 0. The van der Waals surface area contributed by atoms with Crippen LogP contribution < -0.4 is 0 Å². The lowest BCUT2D eigenvalue weighted by Crippen LogP contribution is -2.16. The molecule has 0 radical (unpaired) electrons. The summed E-state index contributed by atoms with van der Waals surface area (Å²) in [6.45, 7) is 6.29. The average Bonchev–Trinajstić information content (AvgIpc) is 2.18. The van der Waals surface area contributed by atoms with Gasteiger partial charge in [-0.25, -0.2) is 8.78 Å². The van der Waals surface area contributed by atoms with E-state index in [4.69, 9.17) is 0 Å². The summed E-state index contributed by atoms with van der Waals surface area (Å²) in [4.78, 5) is 0. The van der Waals surface area contributed by atoms with Gasteiger partial charge in [-0.3, -0.25) is 0 Å². The Morgan fingerprint density at radius 2 is 1.88 bits per heavy atom. The number of aliphatic hydroxyl groups is 1. The summed E-state index contributed by atoms with van der Waals surface area (Å²) in [6.07, 6.45) is 1.16. The molecule has 1 nitrogen and oxygen atoms in total. The van der Waals surface area contributed by atoms with E-state index < -0.39 is 17.7 Å². The van der Waals surface area contributed by atoms with Crippen molar-refractivity contribution in [3.05, 3.63) is 35.4 Å². The third-order valence-electron chi connectivity index (χ3n) is 2.70. The van der Waals surface area contributed by atoms with E-state index >= 15 is 0 Å². The van der Waals surface area contributed by atoms with Crippen LogP contribution in [-0.2, 0) is 6.42 Å². The normalized spacial score (nSPS) is 13.8. The molecule has 1 N–H and O–H groups in total. The lowest BCUT2D eigenvalue weighted by Gasteiger charge is -2.20. The number of hydrogen-bond acceptors (Lipinski definition) is 1. The van der Waals surface area contributed by atoms with Crippen molar-refractivity contribution in [1.82, 2.24) is 0 Å². The molecule has 0 aliphatic carbocycles. The molecule has 1 atom stereocenters. The van der Waals surface area contributed by atoms with Crippen molar-refractivity contribution in [1.29, 1.82) is 0 Å². The van der Waals surface area contributed by atoms with Crippen molar-refractivity contribution in [2.45, 2.75) is 46.1 Å². The molecule has 0 aromatic heterocycles. The zero-order valence-electron chi connectivity index (χ0n) is 10.6. The maximum Gasteiger partial charge on any atom is 0.129 e. The van der Waals surface area contributed by atoms with Crippen LogP contribution >= 0.6 is 0 Å². The Hall–Kier alpha value is -0.960. The number of benzene rings is 1. The van der Waals surface area contributed by atoms with Crippen molar-refractivity contribution in [2.75, 3.05) is 0 Å². The fourth-order valence-electron chi connectivity index (χ4n) is 1.64. The third kappa shape index (κ3) is 5.26. The van der Waals surface area contributed by atoms with Crippen LogP contribution in [0.3, 0.4) is 0 Å². The minimum Gasteiger partial charge on any atom is -0.393 e. The van der Waals surface area contributed by atoms with Gasteiger partial charge in [0.05, 0.1) is 6.10 Å². The summed E-state index contributed by atoms with van der Waals surface area (Å²) in [5.41, 5.74) is 0.523. The van der Waals surface area contributed by atoms with Crippen molar-refractivity contribution >= 4 is 0 Å². The van der Waals surface area contributed by atoms with Gasteiger partial charge in [-0.2, -0.15) is 0 Å². The zero-order valence-corrected chi connectivity index (χ0v) is 10.6. The summed E-state index contributed by atoms with van der Waals surface area (Å²) in [7, 11) is 0.